The maximum atomic E-state index is 12.6. The number of benzene rings is 3. The number of halogens is 1. The predicted molar refractivity (Wildman–Crippen MR) is 123 cm³/mol. The molecule has 0 amide bonds. The zero-order valence-corrected chi connectivity index (χ0v) is 17.7. The molecule has 2 N–H and O–H groups in total. The van der Waals surface area contributed by atoms with Crippen LogP contribution in [0.1, 0.15) is 16.7 Å². The molecular weight excluding hydrogens is 396 g/mol. The molecule has 0 aliphatic carbocycles. The number of aromatic nitrogens is 1. The number of rotatable bonds is 5. The van der Waals surface area contributed by atoms with Crippen LogP contribution in [0.2, 0.25) is 5.02 Å². The van der Waals surface area contributed by atoms with E-state index in [4.69, 9.17) is 11.6 Å². The Morgan fingerprint density at radius 1 is 0.967 bits per heavy atom. The summed E-state index contributed by atoms with van der Waals surface area (Å²) in [5.74, 6) is -0.0329. The minimum atomic E-state index is -0.341. The van der Waals surface area contributed by atoms with E-state index >= 15 is 0 Å². The zero-order valence-electron chi connectivity index (χ0n) is 16.9. The summed E-state index contributed by atoms with van der Waals surface area (Å²) in [5, 5.41) is 11.8. The van der Waals surface area contributed by atoms with Crippen LogP contribution >= 0.6 is 11.6 Å². The molecule has 0 saturated heterocycles. The van der Waals surface area contributed by atoms with Gasteiger partial charge in [0.1, 0.15) is 5.75 Å². The van der Waals surface area contributed by atoms with E-state index in [2.05, 4.69) is 48.2 Å². The van der Waals surface area contributed by atoms with E-state index in [-0.39, 0.29) is 16.9 Å². The number of aromatic amines is 1. The normalized spacial score (nSPS) is 11.3. The molecule has 1 aromatic heterocycles. The van der Waals surface area contributed by atoms with Crippen LogP contribution in [0.3, 0.4) is 0 Å². The number of hydrogen-bond donors (Lipinski definition) is 2. The highest BCUT2D eigenvalue weighted by atomic mass is 35.5. The van der Waals surface area contributed by atoms with Crippen molar-refractivity contribution < 1.29 is 5.11 Å². The van der Waals surface area contributed by atoms with Crippen LogP contribution in [0.5, 0.6) is 5.75 Å². The fourth-order valence-electron chi connectivity index (χ4n) is 3.76. The first-order valence-corrected chi connectivity index (χ1v) is 10.2. The van der Waals surface area contributed by atoms with Crippen molar-refractivity contribution in [1.82, 2.24) is 9.88 Å². The molecule has 0 radical (unpaired) electrons. The van der Waals surface area contributed by atoms with Gasteiger partial charge < -0.3 is 15.0 Å². The number of pyridine rings is 1. The molecule has 0 saturated carbocycles. The van der Waals surface area contributed by atoms with Crippen LogP contribution in [0.25, 0.3) is 22.0 Å². The topological polar surface area (TPSA) is 56.3 Å². The lowest BCUT2D eigenvalue weighted by Gasteiger charge is -2.14. The van der Waals surface area contributed by atoms with E-state index in [0.29, 0.717) is 21.5 Å². The van der Waals surface area contributed by atoms with Crippen molar-refractivity contribution in [2.45, 2.75) is 13.0 Å². The van der Waals surface area contributed by atoms with Crippen LogP contribution in [-0.4, -0.2) is 29.1 Å². The predicted octanol–water partition coefficient (Wildman–Crippen LogP) is 5.21. The van der Waals surface area contributed by atoms with E-state index in [1.54, 1.807) is 18.2 Å². The van der Waals surface area contributed by atoms with Gasteiger partial charge in [0.15, 0.2) is 0 Å². The fourth-order valence-corrected chi connectivity index (χ4v) is 3.93. The van der Waals surface area contributed by atoms with Crippen molar-refractivity contribution in [3.8, 4) is 16.9 Å². The highest BCUT2D eigenvalue weighted by Crippen LogP contribution is 2.33. The summed E-state index contributed by atoms with van der Waals surface area (Å²) in [6, 6.07) is 21.2. The molecule has 4 rings (SSSR count). The minimum Gasteiger partial charge on any atom is -0.506 e. The van der Waals surface area contributed by atoms with Gasteiger partial charge in [-0.25, -0.2) is 0 Å². The second-order valence-corrected chi connectivity index (χ2v) is 8.18. The molecule has 4 nitrogen and oxygen atoms in total. The van der Waals surface area contributed by atoms with E-state index in [1.165, 1.54) is 11.1 Å². The monoisotopic (exact) mass is 418 g/mol. The largest absolute Gasteiger partial charge is 0.506 e. The van der Waals surface area contributed by atoms with Gasteiger partial charge in [0.25, 0.3) is 5.56 Å². The molecule has 4 aromatic rings. The zero-order chi connectivity index (χ0) is 21.3. The molecule has 0 unspecified atom stereocenters. The summed E-state index contributed by atoms with van der Waals surface area (Å²) in [5.41, 5.74) is 4.85. The average Bonchev–Trinajstić information content (AvgIpc) is 2.70. The van der Waals surface area contributed by atoms with Crippen LogP contribution in [0.4, 0.5) is 0 Å². The second kappa shape index (κ2) is 8.34. The molecular formula is C25H23ClN2O2. The van der Waals surface area contributed by atoms with Gasteiger partial charge in [0.2, 0.25) is 0 Å². The lowest BCUT2D eigenvalue weighted by Crippen LogP contribution is -2.12. The Kier molecular flexibility index (Phi) is 5.62. The standard InChI is InChI=1S/C25H23ClN2O2/c1-28(2)15-19-6-4-3-5-18(19)13-16-7-9-17(10-8-16)23-24(29)21-12-11-20(26)14-22(21)27-25(23)30/h3-12,14H,13,15H2,1-2H3,(H2,27,29,30). The van der Waals surface area contributed by atoms with E-state index in [9.17, 15) is 9.90 Å². The summed E-state index contributed by atoms with van der Waals surface area (Å²) in [7, 11) is 4.13. The summed E-state index contributed by atoms with van der Waals surface area (Å²) in [4.78, 5) is 17.6. The Labute approximate surface area is 180 Å². The van der Waals surface area contributed by atoms with Crippen LogP contribution in [0.15, 0.2) is 71.5 Å². The van der Waals surface area contributed by atoms with Gasteiger partial charge in [-0.05, 0) is 61.0 Å². The lowest BCUT2D eigenvalue weighted by atomic mass is 9.97. The van der Waals surface area contributed by atoms with Crippen LogP contribution < -0.4 is 5.56 Å². The molecule has 1 heterocycles. The third-order valence-corrected chi connectivity index (χ3v) is 5.43. The van der Waals surface area contributed by atoms with Gasteiger partial charge in [-0.3, -0.25) is 4.79 Å². The van der Waals surface area contributed by atoms with Crippen molar-refractivity contribution in [2.75, 3.05) is 14.1 Å². The lowest BCUT2D eigenvalue weighted by molar-refractivity contribution is 0.401. The van der Waals surface area contributed by atoms with Crippen LogP contribution in [-0.2, 0) is 13.0 Å². The first-order chi connectivity index (χ1) is 14.4. The third-order valence-electron chi connectivity index (χ3n) is 5.19. The second-order valence-electron chi connectivity index (χ2n) is 7.75. The molecule has 30 heavy (non-hydrogen) atoms. The maximum absolute atomic E-state index is 12.6. The number of hydrogen-bond acceptors (Lipinski definition) is 3. The molecule has 0 bridgehead atoms. The van der Waals surface area contributed by atoms with E-state index in [1.807, 2.05) is 24.3 Å². The summed E-state index contributed by atoms with van der Waals surface area (Å²) in [6.07, 6.45) is 0.808. The highest BCUT2D eigenvalue weighted by molar-refractivity contribution is 6.31. The van der Waals surface area contributed by atoms with Gasteiger partial charge in [-0.1, -0.05) is 60.1 Å². The van der Waals surface area contributed by atoms with Gasteiger partial charge in [0, 0.05) is 17.0 Å². The van der Waals surface area contributed by atoms with Gasteiger partial charge in [-0.2, -0.15) is 0 Å². The number of nitrogens with zero attached hydrogens (tertiary/aromatic N) is 1. The third kappa shape index (κ3) is 4.11. The molecule has 0 atom stereocenters. The Morgan fingerprint density at radius 2 is 1.67 bits per heavy atom. The highest BCUT2D eigenvalue weighted by Gasteiger charge is 2.14. The Balaban J connectivity index is 1.67. The van der Waals surface area contributed by atoms with Crippen molar-refractivity contribution in [2.24, 2.45) is 0 Å². The molecule has 0 fully saturated rings. The van der Waals surface area contributed by atoms with Crippen molar-refractivity contribution in [3.05, 3.63) is 98.8 Å². The molecule has 152 valence electrons. The molecule has 3 aromatic carbocycles. The minimum absolute atomic E-state index is 0.0329. The smallest absolute Gasteiger partial charge is 0.260 e. The molecule has 5 heteroatoms. The first kappa shape index (κ1) is 20.2. The van der Waals surface area contributed by atoms with E-state index in [0.717, 1.165) is 18.5 Å². The summed E-state index contributed by atoms with van der Waals surface area (Å²) >= 11 is 6.00. The van der Waals surface area contributed by atoms with Crippen LogP contribution in [0, 0.1) is 0 Å². The van der Waals surface area contributed by atoms with Gasteiger partial charge in [0.05, 0.1) is 11.1 Å². The average molecular weight is 419 g/mol. The van der Waals surface area contributed by atoms with E-state index < -0.39 is 0 Å². The number of nitrogens with one attached hydrogen (secondary N) is 1. The number of aromatic hydroxyl groups is 1. The molecule has 0 aliphatic heterocycles. The quantitative estimate of drug-likeness (QED) is 0.468. The number of H-pyrrole nitrogens is 1. The molecule has 0 aliphatic rings. The summed E-state index contributed by atoms with van der Waals surface area (Å²) in [6.45, 7) is 0.888. The Bertz CT molecular complexity index is 1260. The SMILES string of the molecule is CN(C)Cc1ccccc1Cc1ccc(-c2c(O)c3ccc(Cl)cc3[nH]c2=O)cc1. The fraction of sp³-hybridized carbons (Fsp3) is 0.160. The Morgan fingerprint density at radius 3 is 2.37 bits per heavy atom. The van der Waals surface area contributed by atoms with Gasteiger partial charge in [-0.15, -0.1) is 0 Å². The summed E-state index contributed by atoms with van der Waals surface area (Å²) < 4.78 is 0. The maximum Gasteiger partial charge on any atom is 0.260 e. The van der Waals surface area contributed by atoms with Crippen molar-refractivity contribution in [1.29, 1.82) is 0 Å². The Hall–Kier alpha value is -3.08. The number of fused-ring (bicyclic) bond motifs is 1. The van der Waals surface area contributed by atoms with Gasteiger partial charge >= 0.3 is 0 Å². The molecule has 0 spiro atoms. The van der Waals surface area contributed by atoms with Crippen molar-refractivity contribution >= 4 is 22.5 Å². The first-order valence-electron chi connectivity index (χ1n) is 9.77. The van der Waals surface area contributed by atoms with Crippen molar-refractivity contribution in [3.63, 3.8) is 0 Å².